The standard InChI is InChI=1S/C12H12BrN3O/c1-8-11(13)9(2)16(12(17)15-8)7-10-5-3-4-6-14-10/h3-6H,7H2,1-2H3. The largest absolute Gasteiger partial charge is 0.348 e. The highest BCUT2D eigenvalue weighted by Crippen LogP contribution is 2.17. The molecule has 0 aliphatic rings. The Morgan fingerprint density at radius 3 is 2.76 bits per heavy atom. The van der Waals surface area contributed by atoms with E-state index in [-0.39, 0.29) is 5.69 Å². The van der Waals surface area contributed by atoms with Crippen LogP contribution in [0.3, 0.4) is 0 Å². The second-order valence-electron chi connectivity index (χ2n) is 3.79. The van der Waals surface area contributed by atoms with Crippen molar-refractivity contribution in [1.82, 2.24) is 14.5 Å². The molecule has 2 heterocycles. The third kappa shape index (κ3) is 2.44. The van der Waals surface area contributed by atoms with Crippen LogP contribution >= 0.6 is 15.9 Å². The van der Waals surface area contributed by atoms with Gasteiger partial charge in [-0.15, -0.1) is 0 Å². The first-order chi connectivity index (χ1) is 8.09. The Kier molecular flexibility index (Phi) is 3.38. The average molecular weight is 294 g/mol. The first kappa shape index (κ1) is 12.0. The van der Waals surface area contributed by atoms with Crippen LogP contribution < -0.4 is 5.69 Å². The predicted octanol–water partition coefficient (Wildman–Crippen LogP) is 2.07. The molecule has 0 aliphatic heterocycles. The molecule has 0 unspecified atom stereocenters. The van der Waals surface area contributed by atoms with Crippen molar-refractivity contribution in [1.29, 1.82) is 0 Å². The maximum Gasteiger partial charge on any atom is 0.348 e. The first-order valence-corrected chi connectivity index (χ1v) is 6.02. The maximum absolute atomic E-state index is 11.8. The molecule has 0 atom stereocenters. The second kappa shape index (κ2) is 4.79. The molecule has 4 nitrogen and oxygen atoms in total. The smallest absolute Gasteiger partial charge is 0.289 e. The number of halogens is 1. The number of nitrogens with zero attached hydrogens (tertiary/aromatic N) is 3. The third-order valence-corrected chi connectivity index (χ3v) is 3.73. The van der Waals surface area contributed by atoms with E-state index < -0.39 is 0 Å². The lowest BCUT2D eigenvalue weighted by atomic mass is 10.3. The molecule has 0 aromatic carbocycles. The Hall–Kier alpha value is -1.49. The summed E-state index contributed by atoms with van der Waals surface area (Å²) in [5.74, 6) is 0. The van der Waals surface area contributed by atoms with E-state index in [2.05, 4.69) is 25.9 Å². The topological polar surface area (TPSA) is 47.8 Å². The minimum atomic E-state index is -0.242. The molecule has 2 aromatic heterocycles. The zero-order chi connectivity index (χ0) is 12.4. The summed E-state index contributed by atoms with van der Waals surface area (Å²) in [6, 6.07) is 5.64. The highest BCUT2D eigenvalue weighted by molar-refractivity contribution is 9.10. The lowest BCUT2D eigenvalue weighted by molar-refractivity contribution is 0.676. The highest BCUT2D eigenvalue weighted by Gasteiger charge is 2.09. The van der Waals surface area contributed by atoms with Crippen molar-refractivity contribution in [2.24, 2.45) is 0 Å². The summed E-state index contributed by atoms with van der Waals surface area (Å²) in [6.07, 6.45) is 1.71. The summed E-state index contributed by atoms with van der Waals surface area (Å²) in [6.45, 7) is 4.14. The van der Waals surface area contributed by atoms with Gasteiger partial charge in [-0.1, -0.05) is 6.07 Å². The molecule has 0 amide bonds. The van der Waals surface area contributed by atoms with Crippen LogP contribution in [-0.4, -0.2) is 14.5 Å². The Morgan fingerprint density at radius 2 is 2.12 bits per heavy atom. The van der Waals surface area contributed by atoms with E-state index >= 15 is 0 Å². The van der Waals surface area contributed by atoms with E-state index in [0.717, 1.165) is 15.9 Å². The molecule has 0 spiro atoms. The summed E-state index contributed by atoms with van der Waals surface area (Å²) in [5, 5.41) is 0. The molecule has 0 radical (unpaired) electrons. The lowest BCUT2D eigenvalue weighted by Crippen LogP contribution is -2.27. The summed E-state index contributed by atoms with van der Waals surface area (Å²) in [5.41, 5.74) is 2.18. The molecule has 0 saturated carbocycles. The fourth-order valence-corrected chi connectivity index (χ4v) is 1.92. The Morgan fingerprint density at radius 1 is 1.35 bits per heavy atom. The molecule has 88 valence electrons. The zero-order valence-corrected chi connectivity index (χ0v) is 11.2. The van der Waals surface area contributed by atoms with Crippen molar-refractivity contribution in [2.45, 2.75) is 20.4 Å². The van der Waals surface area contributed by atoms with Crippen molar-refractivity contribution in [3.8, 4) is 0 Å². The van der Waals surface area contributed by atoms with E-state index in [4.69, 9.17) is 0 Å². The van der Waals surface area contributed by atoms with Gasteiger partial charge in [-0.2, -0.15) is 4.98 Å². The Bertz CT molecular complexity index is 593. The van der Waals surface area contributed by atoms with Gasteiger partial charge in [0, 0.05) is 11.9 Å². The van der Waals surface area contributed by atoms with Crippen LogP contribution in [0.15, 0.2) is 33.7 Å². The molecule has 0 N–H and O–H groups in total. The minimum Gasteiger partial charge on any atom is -0.289 e. The monoisotopic (exact) mass is 293 g/mol. The quantitative estimate of drug-likeness (QED) is 0.852. The normalized spacial score (nSPS) is 10.5. The van der Waals surface area contributed by atoms with Crippen molar-refractivity contribution in [3.05, 3.63) is 56.4 Å². The van der Waals surface area contributed by atoms with Gasteiger partial charge in [0.2, 0.25) is 0 Å². The molecule has 17 heavy (non-hydrogen) atoms. The van der Waals surface area contributed by atoms with Gasteiger partial charge < -0.3 is 0 Å². The van der Waals surface area contributed by atoms with Gasteiger partial charge in [-0.25, -0.2) is 4.79 Å². The van der Waals surface area contributed by atoms with Gasteiger partial charge in [0.1, 0.15) is 0 Å². The predicted molar refractivity (Wildman–Crippen MR) is 69.0 cm³/mol. The van der Waals surface area contributed by atoms with E-state index in [9.17, 15) is 4.79 Å². The van der Waals surface area contributed by atoms with Crippen molar-refractivity contribution in [3.63, 3.8) is 0 Å². The van der Waals surface area contributed by atoms with Gasteiger partial charge in [0.25, 0.3) is 0 Å². The van der Waals surface area contributed by atoms with E-state index in [1.54, 1.807) is 10.8 Å². The summed E-state index contributed by atoms with van der Waals surface area (Å²) >= 11 is 3.43. The summed E-state index contributed by atoms with van der Waals surface area (Å²) < 4.78 is 2.48. The van der Waals surface area contributed by atoms with Crippen LogP contribution in [0.1, 0.15) is 17.1 Å². The molecule has 2 rings (SSSR count). The van der Waals surface area contributed by atoms with Crippen LogP contribution in [0.2, 0.25) is 0 Å². The van der Waals surface area contributed by atoms with Crippen molar-refractivity contribution < 1.29 is 0 Å². The third-order valence-electron chi connectivity index (χ3n) is 2.58. The minimum absolute atomic E-state index is 0.242. The van der Waals surface area contributed by atoms with Crippen molar-refractivity contribution in [2.75, 3.05) is 0 Å². The zero-order valence-electron chi connectivity index (χ0n) is 9.64. The SMILES string of the molecule is Cc1nc(=O)n(Cc2ccccn2)c(C)c1Br. The Labute approximate surface area is 107 Å². The molecule has 2 aromatic rings. The Balaban J connectivity index is 2.47. The number of aryl methyl sites for hydroxylation is 1. The molecular formula is C12H12BrN3O. The summed E-state index contributed by atoms with van der Waals surface area (Å²) in [7, 11) is 0. The number of hydrogen-bond donors (Lipinski definition) is 0. The summed E-state index contributed by atoms with van der Waals surface area (Å²) in [4.78, 5) is 20.0. The van der Waals surface area contributed by atoms with E-state index in [0.29, 0.717) is 12.2 Å². The van der Waals surface area contributed by atoms with Gasteiger partial charge in [0.05, 0.1) is 22.4 Å². The van der Waals surface area contributed by atoms with Crippen LogP contribution in [0.4, 0.5) is 0 Å². The second-order valence-corrected chi connectivity index (χ2v) is 4.58. The number of aromatic nitrogens is 3. The van der Waals surface area contributed by atoms with Crippen molar-refractivity contribution >= 4 is 15.9 Å². The molecule has 0 aliphatic carbocycles. The molecule has 5 heteroatoms. The number of hydrogen-bond acceptors (Lipinski definition) is 3. The fraction of sp³-hybridized carbons (Fsp3) is 0.250. The molecular weight excluding hydrogens is 282 g/mol. The van der Waals surface area contributed by atoms with E-state index in [1.807, 2.05) is 32.0 Å². The van der Waals surface area contributed by atoms with Crippen LogP contribution in [-0.2, 0) is 6.54 Å². The maximum atomic E-state index is 11.8. The average Bonchev–Trinajstić information content (AvgIpc) is 2.33. The lowest BCUT2D eigenvalue weighted by Gasteiger charge is -2.11. The van der Waals surface area contributed by atoms with Gasteiger partial charge in [-0.05, 0) is 41.9 Å². The highest BCUT2D eigenvalue weighted by atomic mass is 79.9. The van der Waals surface area contributed by atoms with E-state index in [1.165, 1.54) is 0 Å². The first-order valence-electron chi connectivity index (χ1n) is 5.23. The molecule has 0 fully saturated rings. The molecule has 0 bridgehead atoms. The van der Waals surface area contributed by atoms with Crippen LogP contribution in [0, 0.1) is 13.8 Å². The number of pyridine rings is 1. The van der Waals surface area contributed by atoms with Gasteiger partial charge in [0.15, 0.2) is 0 Å². The van der Waals surface area contributed by atoms with Crippen LogP contribution in [0.25, 0.3) is 0 Å². The van der Waals surface area contributed by atoms with Crippen LogP contribution in [0.5, 0.6) is 0 Å². The fourth-order valence-electron chi connectivity index (χ4n) is 1.62. The number of rotatable bonds is 2. The van der Waals surface area contributed by atoms with Gasteiger partial charge in [-0.3, -0.25) is 9.55 Å². The van der Waals surface area contributed by atoms with Gasteiger partial charge >= 0.3 is 5.69 Å². The molecule has 0 saturated heterocycles.